The molecule has 0 radical (unpaired) electrons. The zero-order valence-electron chi connectivity index (χ0n) is 34.0. The molecule has 3 atom stereocenters. The van der Waals surface area contributed by atoms with Gasteiger partial charge in [-0.1, -0.05) is 141 Å². The molecule has 3 aliphatic carbocycles. The number of nitrogens with zero attached hydrogens (tertiary/aromatic N) is 3. The first-order valence-electron chi connectivity index (χ1n) is 21.4. The lowest BCUT2D eigenvalue weighted by atomic mass is 9.82. The van der Waals surface area contributed by atoms with Gasteiger partial charge in [-0.3, -0.25) is 0 Å². The highest BCUT2D eigenvalue weighted by atomic mass is 15.2. The van der Waals surface area contributed by atoms with Gasteiger partial charge in [0, 0.05) is 45.2 Å². The predicted molar refractivity (Wildman–Crippen MR) is 251 cm³/mol. The summed E-state index contributed by atoms with van der Waals surface area (Å²) in [5.41, 5.74) is 20.8. The Balaban J connectivity index is 0.934. The highest BCUT2D eigenvalue weighted by Crippen LogP contribution is 2.47. The first kappa shape index (κ1) is 36.0. The van der Waals surface area contributed by atoms with Gasteiger partial charge in [0.2, 0.25) is 0 Å². The minimum absolute atomic E-state index is 0.220. The average molecular weight is 772 g/mol. The quantitative estimate of drug-likeness (QED) is 0.169. The maximum atomic E-state index is 9.34. The van der Waals surface area contributed by atoms with E-state index in [9.17, 15) is 5.26 Å². The lowest BCUT2D eigenvalue weighted by Crippen LogP contribution is -2.35. The van der Waals surface area contributed by atoms with Gasteiger partial charge in [0.1, 0.15) is 0 Å². The second kappa shape index (κ2) is 14.6. The molecule has 3 nitrogen and oxygen atoms in total. The molecule has 3 heteroatoms. The number of para-hydroxylation sites is 1. The minimum atomic E-state index is 0.220. The van der Waals surface area contributed by atoms with E-state index >= 15 is 0 Å². The molecule has 2 bridgehead atoms. The number of benzene rings is 6. The van der Waals surface area contributed by atoms with E-state index in [2.05, 4.69) is 187 Å². The molecular weight excluding hydrogens is 727 g/mol. The van der Waals surface area contributed by atoms with Crippen molar-refractivity contribution >= 4 is 45.1 Å². The zero-order valence-corrected chi connectivity index (χ0v) is 34.0. The van der Waals surface area contributed by atoms with E-state index < -0.39 is 0 Å². The Hall–Kier alpha value is -7.15. The summed E-state index contributed by atoms with van der Waals surface area (Å²) in [6.07, 6.45) is 19.7. The fourth-order valence-electron chi connectivity index (χ4n) is 10.0. The Kier molecular flexibility index (Phi) is 8.75. The third-order valence-electron chi connectivity index (χ3n) is 13.0. The summed E-state index contributed by atoms with van der Waals surface area (Å²) < 4.78 is 2.47. The summed E-state index contributed by atoms with van der Waals surface area (Å²) in [5, 5.41) is 10.6. The van der Waals surface area contributed by atoms with Crippen LogP contribution in [0.25, 0.3) is 61.6 Å². The van der Waals surface area contributed by atoms with Gasteiger partial charge < -0.3 is 9.47 Å². The largest absolute Gasteiger partial charge is 0.334 e. The second-order valence-corrected chi connectivity index (χ2v) is 17.0. The predicted octanol–water partition coefficient (Wildman–Crippen LogP) is 14.7. The van der Waals surface area contributed by atoms with E-state index in [1.165, 1.54) is 78.1 Å². The molecule has 0 saturated heterocycles. The third-order valence-corrected chi connectivity index (χ3v) is 13.0. The highest BCUT2D eigenvalue weighted by molar-refractivity contribution is 5.98. The summed E-state index contributed by atoms with van der Waals surface area (Å²) in [5.74, 6) is 0.942. The second-order valence-electron chi connectivity index (χ2n) is 17.0. The number of hydrogen-bond acceptors (Lipinski definition) is 2. The Morgan fingerprint density at radius 1 is 0.600 bits per heavy atom. The first-order chi connectivity index (χ1) is 29.5. The Morgan fingerprint density at radius 3 is 2.12 bits per heavy atom. The normalized spacial score (nSPS) is 18.9. The van der Waals surface area contributed by atoms with Crippen molar-refractivity contribution in [1.82, 2.24) is 4.57 Å². The van der Waals surface area contributed by atoms with Crippen LogP contribution in [0.1, 0.15) is 72.5 Å². The Labute approximate surface area is 352 Å². The fourth-order valence-corrected chi connectivity index (χ4v) is 10.0. The van der Waals surface area contributed by atoms with Crippen molar-refractivity contribution in [3.8, 4) is 34.0 Å². The fraction of sp³-hybridized carbons (Fsp3) is 0.140. The molecule has 60 heavy (non-hydrogen) atoms. The van der Waals surface area contributed by atoms with Gasteiger partial charge in [-0.2, -0.15) is 5.26 Å². The zero-order chi connectivity index (χ0) is 40.3. The molecule has 11 rings (SSSR count). The third kappa shape index (κ3) is 6.19. The standard InChI is InChI=1S/C57H45N3/c1-37-9-5-11-43(29-37)45-13-8-14-49(32-45)59-51-33-47(30-48(34-51)52-16-3-4-18-55(52)59)42-25-23-41(24-26-42)46-27-28-56-54(35-46)53-17-6-10-38(2)57(53)60(56)50-15-7-12-44(31-50)40-21-19-39(36-58)20-22-40/h3-8,11-33,35,37-38,51H,9-10,34H2,1-2H3. The molecule has 1 aromatic heterocycles. The minimum Gasteiger partial charge on any atom is -0.334 e. The highest BCUT2D eigenvalue weighted by Gasteiger charge is 2.32. The van der Waals surface area contributed by atoms with Gasteiger partial charge in [-0.05, 0) is 130 Å². The average Bonchev–Trinajstić information content (AvgIpc) is 3.64. The van der Waals surface area contributed by atoms with Crippen LogP contribution in [0.4, 0.5) is 11.4 Å². The van der Waals surface area contributed by atoms with Crippen LogP contribution in [-0.2, 0) is 0 Å². The summed E-state index contributed by atoms with van der Waals surface area (Å²) in [6, 6.07) is 53.4. The molecule has 1 aliphatic heterocycles. The number of hydrogen-bond donors (Lipinski definition) is 0. The Bertz CT molecular complexity index is 3050. The molecule has 7 aromatic rings. The first-order valence-corrected chi connectivity index (χ1v) is 21.4. The number of rotatable bonds is 6. The molecule has 6 aromatic carbocycles. The number of nitriles is 1. The molecule has 0 N–H and O–H groups in total. The topological polar surface area (TPSA) is 32.0 Å². The van der Waals surface area contributed by atoms with Crippen LogP contribution in [0.2, 0.25) is 0 Å². The number of allylic oxidation sites excluding steroid dienone is 7. The van der Waals surface area contributed by atoms with E-state index in [1.807, 2.05) is 24.3 Å². The molecule has 288 valence electrons. The van der Waals surface area contributed by atoms with Crippen LogP contribution in [0, 0.1) is 17.2 Å². The van der Waals surface area contributed by atoms with Gasteiger partial charge in [-0.15, -0.1) is 0 Å². The molecule has 0 amide bonds. The molecule has 0 spiro atoms. The monoisotopic (exact) mass is 771 g/mol. The Morgan fingerprint density at radius 2 is 1.30 bits per heavy atom. The molecular formula is C57H45N3. The molecule has 3 unspecified atom stereocenters. The molecule has 2 heterocycles. The number of anilines is 2. The number of fused-ring (bicyclic) bond motifs is 7. The number of aromatic nitrogens is 1. The summed E-state index contributed by atoms with van der Waals surface area (Å²) >= 11 is 0. The van der Waals surface area contributed by atoms with E-state index in [0.29, 0.717) is 17.4 Å². The van der Waals surface area contributed by atoms with Crippen molar-refractivity contribution in [3.63, 3.8) is 0 Å². The van der Waals surface area contributed by atoms with Crippen LogP contribution < -0.4 is 4.90 Å². The summed E-state index contributed by atoms with van der Waals surface area (Å²) in [6.45, 7) is 4.64. The van der Waals surface area contributed by atoms with Crippen molar-refractivity contribution in [3.05, 3.63) is 209 Å². The van der Waals surface area contributed by atoms with Gasteiger partial charge in [0.15, 0.2) is 0 Å². The van der Waals surface area contributed by atoms with Crippen LogP contribution in [0.15, 0.2) is 176 Å². The maximum absolute atomic E-state index is 9.34. The van der Waals surface area contributed by atoms with Crippen LogP contribution in [-0.4, -0.2) is 10.6 Å². The van der Waals surface area contributed by atoms with E-state index in [4.69, 9.17) is 0 Å². The molecule has 4 aliphatic rings. The van der Waals surface area contributed by atoms with Crippen molar-refractivity contribution in [2.75, 3.05) is 4.90 Å². The summed E-state index contributed by atoms with van der Waals surface area (Å²) in [4.78, 5) is 2.56. The van der Waals surface area contributed by atoms with Gasteiger partial charge in [0.25, 0.3) is 0 Å². The van der Waals surface area contributed by atoms with Crippen LogP contribution >= 0.6 is 0 Å². The SMILES string of the molecule is CC1C=C(c2cccc(N3c4ccccc4C4=CC(c5ccc(-c6ccc7c(c6)c6c(n7-c7cccc(-c8ccc(C#N)cc8)c7)C(C)CC=C6)cc5)=CC3C4)c2)C=CC1. The van der Waals surface area contributed by atoms with Crippen molar-refractivity contribution in [2.24, 2.45) is 5.92 Å². The van der Waals surface area contributed by atoms with E-state index in [0.717, 1.165) is 36.1 Å². The molecule has 0 fully saturated rings. The van der Waals surface area contributed by atoms with Crippen molar-refractivity contribution in [1.29, 1.82) is 5.26 Å². The van der Waals surface area contributed by atoms with E-state index in [-0.39, 0.29) is 6.04 Å². The van der Waals surface area contributed by atoms with Crippen LogP contribution in [0.3, 0.4) is 0 Å². The van der Waals surface area contributed by atoms with Crippen molar-refractivity contribution in [2.45, 2.75) is 45.1 Å². The smallest absolute Gasteiger partial charge is 0.0991 e. The van der Waals surface area contributed by atoms with E-state index in [1.54, 1.807) is 0 Å². The molecule has 0 saturated carbocycles. The van der Waals surface area contributed by atoms with Gasteiger partial charge in [-0.25, -0.2) is 0 Å². The lowest BCUT2D eigenvalue weighted by molar-refractivity contribution is 0.723. The lowest BCUT2D eigenvalue weighted by Gasteiger charge is -2.41. The van der Waals surface area contributed by atoms with Crippen molar-refractivity contribution < 1.29 is 0 Å². The van der Waals surface area contributed by atoms with Gasteiger partial charge in [0.05, 0.1) is 23.2 Å². The van der Waals surface area contributed by atoms with Crippen LogP contribution in [0.5, 0.6) is 0 Å². The van der Waals surface area contributed by atoms with Gasteiger partial charge >= 0.3 is 0 Å². The summed E-state index contributed by atoms with van der Waals surface area (Å²) in [7, 11) is 0. The maximum Gasteiger partial charge on any atom is 0.0991 e.